The topological polar surface area (TPSA) is 175 Å². The Morgan fingerprint density at radius 2 is 0.911 bits per heavy atom. The van der Waals surface area contributed by atoms with Crippen molar-refractivity contribution in [3.05, 3.63) is 0 Å². The van der Waals surface area contributed by atoms with Crippen molar-refractivity contribution in [1.29, 1.82) is 0 Å². The molecule has 0 saturated carbocycles. The first kappa shape index (κ1) is 55.2. The zero-order chi connectivity index (χ0) is 41.9. The van der Waals surface area contributed by atoms with Gasteiger partial charge in [-0.1, -0.05) is 143 Å². The molecule has 0 aromatic heterocycles. The number of ether oxygens (including phenoxy) is 2. The predicted molar refractivity (Wildman–Crippen MR) is 233 cm³/mol. The number of amides is 2. The van der Waals surface area contributed by atoms with E-state index < -0.39 is 0 Å². The lowest BCUT2D eigenvalue weighted by molar-refractivity contribution is -0.150. The largest absolute Gasteiger partial charge is 0.465 e. The van der Waals surface area contributed by atoms with Crippen LogP contribution >= 0.6 is 0 Å². The molecule has 11 nitrogen and oxygen atoms in total. The highest BCUT2D eigenvalue weighted by Crippen LogP contribution is 2.21. The molecule has 0 aromatic rings. The molecule has 0 aliphatic rings. The van der Waals surface area contributed by atoms with E-state index in [4.69, 9.17) is 20.9 Å². The number of guanidine groups is 1. The minimum absolute atomic E-state index is 0.00453. The number of hydrogen-bond acceptors (Lipinski definition) is 7. The number of carbonyl (C=O) groups excluding carboxylic acids is 4. The molecule has 0 heterocycles. The van der Waals surface area contributed by atoms with Crippen LogP contribution in [0.5, 0.6) is 0 Å². The van der Waals surface area contributed by atoms with Crippen LogP contribution in [0.2, 0.25) is 0 Å². The van der Waals surface area contributed by atoms with E-state index in [1.54, 1.807) is 0 Å². The fourth-order valence-corrected chi connectivity index (χ4v) is 6.56. The molecule has 56 heavy (non-hydrogen) atoms. The quantitative estimate of drug-likeness (QED) is 0.0207. The summed E-state index contributed by atoms with van der Waals surface area (Å²) in [5.74, 6) is -0.0891. The fourth-order valence-electron chi connectivity index (χ4n) is 6.56. The van der Waals surface area contributed by atoms with Crippen LogP contribution in [0.4, 0.5) is 0 Å². The zero-order valence-corrected chi connectivity index (χ0v) is 37.0. The average Bonchev–Trinajstić information content (AvgIpc) is 3.17. The van der Waals surface area contributed by atoms with Gasteiger partial charge in [0, 0.05) is 19.5 Å². The maximum atomic E-state index is 12.8. The maximum Gasteiger partial charge on any atom is 0.308 e. The number of aliphatic imine (C=N–C) groups is 1. The average molecular weight is 796 g/mol. The number of nitrogens with two attached hydrogens (primary N) is 2. The van der Waals surface area contributed by atoms with E-state index in [0.29, 0.717) is 39.1 Å². The van der Waals surface area contributed by atoms with Gasteiger partial charge in [0.05, 0.1) is 31.6 Å². The summed E-state index contributed by atoms with van der Waals surface area (Å²) in [7, 11) is 0. The third-order valence-corrected chi connectivity index (χ3v) is 9.99. The van der Waals surface area contributed by atoms with Gasteiger partial charge in [-0.05, 0) is 64.7 Å². The lowest BCUT2D eigenvalue weighted by atomic mass is 9.94. The van der Waals surface area contributed by atoms with Crippen LogP contribution in [0.1, 0.15) is 214 Å². The standard InChI is InChI=1S/C42H80N2O6.C3H9N3/c1-5-9-12-14-17-23-31-38(30-22-13-10-6-2)42(48)50-34-26-19-16-15-18-25-33-43-40(46)36-44-39(45)32-24-20-27-35-49-41(47)37(28-8-4)29-21-11-7-3;1-2-6-3(4)5/h37-38H,5-36H2,1-4H3,(H,43,46)(H,44,45);2H2,1H3,(H4,4,5,6). The molecule has 0 rings (SSSR count). The summed E-state index contributed by atoms with van der Waals surface area (Å²) in [4.78, 5) is 53.0. The molecule has 0 saturated heterocycles. The SMILES string of the molecule is CCCCCCCCC(CCCCCC)C(=O)OCCCCCCCCNC(=O)CNC(=O)CCCCCOC(=O)C(CCC)CCCCC.CCN=C(N)N. The van der Waals surface area contributed by atoms with Gasteiger partial charge in [0.25, 0.3) is 0 Å². The molecule has 2 unspecified atom stereocenters. The van der Waals surface area contributed by atoms with Gasteiger partial charge >= 0.3 is 11.9 Å². The third-order valence-electron chi connectivity index (χ3n) is 9.99. The summed E-state index contributed by atoms with van der Waals surface area (Å²) in [6, 6.07) is 0. The van der Waals surface area contributed by atoms with E-state index in [1.165, 1.54) is 51.4 Å². The van der Waals surface area contributed by atoms with Crippen LogP contribution in [0, 0.1) is 11.8 Å². The Bertz CT molecular complexity index is 959. The number of carbonyl (C=O) groups is 4. The predicted octanol–water partition coefficient (Wildman–Crippen LogP) is 9.82. The second-order valence-electron chi connectivity index (χ2n) is 15.4. The Balaban J connectivity index is 0. The molecule has 0 spiro atoms. The highest BCUT2D eigenvalue weighted by Gasteiger charge is 2.20. The summed E-state index contributed by atoms with van der Waals surface area (Å²) >= 11 is 0. The zero-order valence-electron chi connectivity index (χ0n) is 37.0. The Hall–Kier alpha value is -2.85. The monoisotopic (exact) mass is 796 g/mol. The van der Waals surface area contributed by atoms with Crippen molar-refractivity contribution in [2.45, 2.75) is 214 Å². The van der Waals surface area contributed by atoms with Crippen LogP contribution < -0.4 is 22.1 Å². The van der Waals surface area contributed by atoms with Gasteiger partial charge < -0.3 is 31.6 Å². The van der Waals surface area contributed by atoms with E-state index in [9.17, 15) is 19.2 Å². The Kier molecular flexibility index (Phi) is 42.7. The van der Waals surface area contributed by atoms with Crippen LogP contribution in [-0.4, -0.2) is 62.6 Å². The minimum atomic E-state index is -0.159. The van der Waals surface area contributed by atoms with Crippen molar-refractivity contribution in [1.82, 2.24) is 10.6 Å². The molecule has 0 aliphatic heterocycles. The maximum absolute atomic E-state index is 12.8. The third kappa shape index (κ3) is 39.4. The van der Waals surface area contributed by atoms with Gasteiger partial charge in [0.1, 0.15) is 0 Å². The first-order valence-electron chi connectivity index (χ1n) is 23.1. The van der Waals surface area contributed by atoms with Gasteiger partial charge in [0.2, 0.25) is 11.8 Å². The Morgan fingerprint density at radius 1 is 0.482 bits per heavy atom. The second kappa shape index (κ2) is 43.3. The van der Waals surface area contributed by atoms with Gasteiger partial charge in [-0.2, -0.15) is 0 Å². The fraction of sp³-hybridized carbons (Fsp3) is 0.889. The normalized spacial score (nSPS) is 11.8. The number of nitrogens with one attached hydrogen (secondary N) is 2. The molecular weight excluding hydrogens is 707 g/mol. The van der Waals surface area contributed by atoms with Gasteiger partial charge in [-0.3, -0.25) is 24.2 Å². The molecule has 2 atom stereocenters. The molecule has 11 heteroatoms. The molecule has 2 amide bonds. The van der Waals surface area contributed by atoms with E-state index >= 15 is 0 Å². The van der Waals surface area contributed by atoms with E-state index in [0.717, 1.165) is 116 Å². The molecule has 0 bridgehead atoms. The molecule has 0 radical (unpaired) electrons. The van der Waals surface area contributed by atoms with Gasteiger partial charge in [-0.25, -0.2) is 0 Å². The van der Waals surface area contributed by atoms with Crippen molar-refractivity contribution < 1.29 is 28.7 Å². The summed E-state index contributed by atoms with van der Waals surface area (Å²) in [5, 5.41) is 5.59. The van der Waals surface area contributed by atoms with Crippen molar-refractivity contribution in [2.75, 3.05) is 32.8 Å². The minimum Gasteiger partial charge on any atom is -0.465 e. The molecule has 6 N–H and O–H groups in total. The van der Waals surface area contributed by atoms with Crippen molar-refractivity contribution in [3.63, 3.8) is 0 Å². The summed E-state index contributed by atoms with van der Waals surface area (Å²) in [6.45, 7) is 12.8. The van der Waals surface area contributed by atoms with Crippen molar-refractivity contribution in [2.24, 2.45) is 28.3 Å². The smallest absolute Gasteiger partial charge is 0.308 e. The Morgan fingerprint density at radius 3 is 1.41 bits per heavy atom. The van der Waals surface area contributed by atoms with E-state index in [2.05, 4.69) is 43.3 Å². The van der Waals surface area contributed by atoms with Gasteiger partial charge in [-0.15, -0.1) is 0 Å². The summed E-state index contributed by atoms with van der Waals surface area (Å²) in [6.07, 6.45) is 29.1. The molecule has 0 aromatic carbocycles. The highest BCUT2D eigenvalue weighted by molar-refractivity contribution is 5.84. The van der Waals surface area contributed by atoms with Crippen LogP contribution in [0.25, 0.3) is 0 Å². The molecular formula is C45H89N5O6. The molecule has 330 valence electrons. The van der Waals surface area contributed by atoms with Gasteiger partial charge in [0.15, 0.2) is 5.96 Å². The van der Waals surface area contributed by atoms with E-state index in [1.807, 2.05) is 6.92 Å². The lowest BCUT2D eigenvalue weighted by Crippen LogP contribution is -2.37. The van der Waals surface area contributed by atoms with Crippen LogP contribution in [-0.2, 0) is 28.7 Å². The highest BCUT2D eigenvalue weighted by atomic mass is 16.5. The number of nitrogens with zero attached hydrogens (tertiary/aromatic N) is 1. The molecule has 0 aliphatic carbocycles. The summed E-state index contributed by atoms with van der Waals surface area (Å²) < 4.78 is 11.2. The summed E-state index contributed by atoms with van der Waals surface area (Å²) in [5.41, 5.74) is 9.86. The number of rotatable bonds is 38. The first-order chi connectivity index (χ1) is 27.2. The Labute approximate surface area is 343 Å². The second-order valence-corrected chi connectivity index (χ2v) is 15.4. The van der Waals surface area contributed by atoms with Crippen LogP contribution in [0.3, 0.4) is 0 Å². The molecule has 0 fully saturated rings. The number of unbranched alkanes of at least 4 members (excludes halogenated alkanes) is 17. The van der Waals surface area contributed by atoms with Crippen molar-refractivity contribution in [3.8, 4) is 0 Å². The number of esters is 2. The van der Waals surface area contributed by atoms with Crippen LogP contribution in [0.15, 0.2) is 4.99 Å². The van der Waals surface area contributed by atoms with Crippen molar-refractivity contribution >= 4 is 29.7 Å². The van der Waals surface area contributed by atoms with E-state index in [-0.39, 0.29) is 48.1 Å². The lowest BCUT2D eigenvalue weighted by Gasteiger charge is -2.16. The number of hydrogen-bond donors (Lipinski definition) is 4. The first-order valence-corrected chi connectivity index (χ1v) is 23.1.